The summed E-state index contributed by atoms with van der Waals surface area (Å²) < 4.78 is 42.8. The first kappa shape index (κ1) is 17.3. The van der Waals surface area contributed by atoms with Crippen molar-refractivity contribution in [3.8, 4) is 5.75 Å². The zero-order valence-electron chi connectivity index (χ0n) is 21.9. The molecule has 8 nitrogen and oxygen atoms in total. The minimum atomic E-state index is -1.19. The van der Waals surface area contributed by atoms with Crippen LogP contribution in [0.5, 0.6) is 5.75 Å². The number of hydrogen-bond acceptors (Lipinski definition) is 6. The lowest BCUT2D eigenvalue weighted by atomic mass is 10.0. The number of nitrogens with zero attached hydrogens (tertiary/aromatic N) is 2. The fraction of sp³-hybridized carbons (Fsp3) is 0.400. The van der Waals surface area contributed by atoms with Crippen LogP contribution >= 0.6 is 0 Å². The first-order chi connectivity index (χ1) is 17.7. The van der Waals surface area contributed by atoms with E-state index in [1.165, 1.54) is 9.80 Å². The molecule has 3 aliphatic rings. The van der Waals surface area contributed by atoms with Crippen LogP contribution in [0.4, 0.5) is 0 Å². The normalized spacial score (nSPS) is 31.8. The summed E-state index contributed by atoms with van der Waals surface area (Å²) in [6, 6.07) is 12.0. The van der Waals surface area contributed by atoms with Gasteiger partial charge < -0.3 is 14.4 Å². The minimum absolute atomic E-state index is 0.194. The molecule has 0 aliphatic carbocycles. The molecule has 0 spiro atoms. The Bertz CT molecular complexity index is 1200. The van der Waals surface area contributed by atoms with E-state index in [4.69, 9.17) is 15.0 Å². The van der Waals surface area contributed by atoms with Crippen LogP contribution in [0.15, 0.2) is 42.5 Å². The van der Waals surface area contributed by atoms with Crippen molar-refractivity contribution in [2.75, 3.05) is 26.2 Å². The number of hydrogen-bond donors (Lipinski definition) is 1. The molecule has 3 heterocycles. The summed E-state index contributed by atoms with van der Waals surface area (Å²) in [6.45, 7) is -3.76. The molecule has 0 aromatic heterocycles. The SMILES string of the molecule is [2H]C1OC([2H])C([2H])N(Cc2ccc(COc3cccc4c3CN(C3CCC(=O)NC3=O)C4=O)cc2)C1[2H]. The predicted molar refractivity (Wildman–Crippen MR) is 119 cm³/mol. The van der Waals surface area contributed by atoms with E-state index in [1.54, 1.807) is 18.2 Å². The molecule has 172 valence electrons. The highest BCUT2D eigenvalue weighted by molar-refractivity contribution is 6.05. The van der Waals surface area contributed by atoms with E-state index >= 15 is 0 Å². The van der Waals surface area contributed by atoms with Gasteiger partial charge in [-0.25, -0.2) is 0 Å². The van der Waals surface area contributed by atoms with Crippen LogP contribution in [0, 0.1) is 0 Å². The molecule has 0 radical (unpaired) electrons. The molecular weight excluding hydrogens is 422 g/mol. The number of carbonyl (C=O) groups is 3. The van der Waals surface area contributed by atoms with Gasteiger partial charge in [0, 0.05) is 39.9 Å². The Morgan fingerprint density at radius 1 is 1.06 bits per heavy atom. The largest absolute Gasteiger partial charge is 0.489 e. The van der Waals surface area contributed by atoms with Gasteiger partial charge in [-0.1, -0.05) is 30.3 Å². The lowest BCUT2D eigenvalue weighted by molar-refractivity contribution is -0.136. The van der Waals surface area contributed by atoms with Crippen LogP contribution in [0.25, 0.3) is 0 Å². The topological polar surface area (TPSA) is 88.2 Å². The number of fused-ring (bicyclic) bond motifs is 1. The Hall–Kier alpha value is -3.23. The van der Waals surface area contributed by atoms with E-state index in [-0.39, 0.29) is 37.9 Å². The van der Waals surface area contributed by atoms with Gasteiger partial charge >= 0.3 is 0 Å². The van der Waals surface area contributed by atoms with Gasteiger partial charge in [-0.3, -0.25) is 24.6 Å². The Morgan fingerprint density at radius 3 is 2.58 bits per heavy atom. The van der Waals surface area contributed by atoms with Gasteiger partial charge in [0.25, 0.3) is 5.91 Å². The molecule has 2 aromatic carbocycles. The second-order valence-corrected chi connectivity index (χ2v) is 8.17. The van der Waals surface area contributed by atoms with Crippen molar-refractivity contribution >= 4 is 17.7 Å². The van der Waals surface area contributed by atoms with Crippen molar-refractivity contribution in [3.05, 3.63) is 64.7 Å². The van der Waals surface area contributed by atoms with Crippen molar-refractivity contribution in [2.24, 2.45) is 0 Å². The number of imide groups is 1. The standard InChI is InChI=1S/C25H27N3O5/c29-23-9-8-21(24(30)26-23)28-15-20-19(25(28)31)2-1-3-22(20)33-16-18-6-4-17(5-7-18)14-27-10-12-32-13-11-27/h1-7,21H,8-16H2,(H,26,29,30)/i10D,11D,12D,13D. The molecule has 5 unspecified atom stereocenters. The number of nitrogens with one attached hydrogen (secondary N) is 1. The maximum absolute atomic E-state index is 13.0. The number of ether oxygens (including phenoxy) is 2. The molecule has 3 aliphatic heterocycles. The first-order valence-electron chi connectivity index (χ1n) is 13.1. The van der Waals surface area contributed by atoms with Crippen molar-refractivity contribution in [2.45, 2.75) is 38.6 Å². The van der Waals surface area contributed by atoms with E-state index in [0.717, 1.165) is 11.1 Å². The minimum Gasteiger partial charge on any atom is -0.489 e. The van der Waals surface area contributed by atoms with Crippen molar-refractivity contribution in [1.29, 1.82) is 0 Å². The summed E-state index contributed by atoms with van der Waals surface area (Å²) >= 11 is 0. The van der Waals surface area contributed by atoms with E-state index in [1.807, 2.05) is 24.3 Å². The predicted octanol–water partition coefficient (Wildman–Crippen LogP) is 1.86. The van der Waals surface area contributed by atoms with Gasteiger partial charge in [0.05, 0.1) is 22.5 Å². The highest BCUT2D eigenvalue weighted by Gasteiger charge is 2.40. The number of rotatable bonds is 6. The molecule has 2 aromatic rings. The molecular formula is C25H27N3O5. The summed E-state index contributed by atoms with van der Waals surface area (Å²) in [5, 5.41) is 2.30. The molecule has 2 fully saturated rings. The fourth-order valence-corrected chi connectivity index (χ4v) is 4.23. The van der Waals surface area contributed by atoms with Crippen molar-refractivity contribution in [3.63, 3.8) is 0 Å². The molecule has 0 saturated carbocycles. The van der Waals surface area contributed by atoms with E-state index in [0.29, 0.717) is 23.3 Å². The number of morpholine rings is 1. The average Bonchev–Trinajstić information content (AvgIpc) is 3.21. The first-order valence-corrected chi connectivity index (χ1v) is 10.8. The van der Waals surface area contributed by atoms with Crippen LogP contribution < -0.4 is 10.1 Å². The average molecular weight is 454 g/mol. The van der Waals surface area contributed by atoms with Crippen molar-refractivity contribution < 1.29 is 29.3 Å². The highest BCUT2D eigenvalue weighted by Crippen LogP contribution is 2.34. The number of piperidine rings is 1. The quantitative estimate of drug-likeness (QED) is 0.672. The van der Waals surface area contributed by atoms with Gasteiger partial charge in [-0.05, 0) is 29.7 Å². The van der Waals surface area contributed by atoms with Gasteiger partial charge in [-0.15, -0.1) is 0 Å². The Morgan fingerprint density at radius 2 is 1.82 bits per heavy atom. The summed E-state index contributed by atoms with van der Waals surface area (Å²) in [4.78, 5) is 39.7. The third kappa shape index (κ3) is 4.62. The van der Waals surface area contributed by atoms with Gasteiger partial charge in [0.15, 0.2) is 0 Å². The highest BCUT2D eigenvalue weighted by atomic mass is 16.5. The smallest absolute Gasteiger partial charge is 0.255 e. The van der Waals surface area contributed by atoms with E-state index in [2.05, 4.69) is 5.32 Å². The summed E-state index contributed by atoms with van der Waals surface area (Å²) in [5.74, 6) is -0.490. The molecule has 33 heavy (non-hydrogen) atoms. The zero-order chi connectivity index (χ0) is 26.3. The van der Waals surface area contributed by atoms with Crippen molar-refractivity contribution in [1.82, 2.24) is 15.1 Å². The fourth-order valence-electron chi connectivity index (χ4n) is 4.23. The lowest BCUT2D eigenvalue weighted by Gasteiger charge is -2.29. The Labute approximate surface area is 198 Å². The number of benzene rings is 2. The van der Waals surface area contributed by atoms with E-state index in [9.17, 15) is 14.4 Å². The summed E-state index contributed by atoms with van der Waals surface area (Å²) in [7, 11) is 0. The molecule has 2 saturated heterocycles. The zero-order valence-corrected chi connectivity index (χ0v) is 17.9. The third-order valence-electron chi connectivity index (χ3n) is 5.98. The maximum Gasteiger partial charge on any atom is 0.255 e. The molecule has 5 rings (SSSR count). The molecule has 1 N–H and O–H groups in total. The lowest BCUT2D eigenvalue weighted by Crippen LogP contribution is -2.52. The van der Waals surface area contributed by atoms with Gasteiger partial charge in [0.1, 0.15) is 18.4 Å². The summed E-state index contributed by atoms with van der Waals surface area (Å²) in [5.41, 5.74) is 2.90. The van der Waals surface area contributed by atoms with E-state index < -0.39 is 38.2 Å². The summed E-state index contributed by atoms with van der Waals surface area (Å²) in [6.07, 6.45) is 0.490. The number of amides is 3. The monoisotopic (exact) mass is 453 g/mol. The maximum atomic E-state index is 13.0. The van der Waals surface area contributed by atoms with Crippen LogP contribution in [0.3, 0.4) is 0 Å². The second-order valence-electron chi connectivity index (χ2n) is 8.17. The number of carbonyl (C=O) groups excluding carboxylic acids is 3. The Kier molecular flexibility index (Phi) is 4.88. The Balaban J connectivity index is 1.23. The molecule has 3 amide bonds. The van der Waals surface area contributed by atoms with Gasteiger partial charge in [0.2, 0.25) is 11.8 Å². The van der Waals surface area contributed by atoms with Crippen LogP contribution in [0.2, 0.25) is 0 Å². The van der Waals surface area contributed by atoms with Crippen LogP contribution in [-0.2, 0) is 34.0 Å². The van der Waals surface area contributed by atoms with Gasteiger partial charge in [-0.2, -0.15) is 0 Å². The third-order valence-corrected chi connectivity index (χ3v) is 5.98. The van der Waals surface area contributed by atoms with Crippen LogP contribution in [-0.4, -0.2) is 59.8 Å². The molecule has 8 heteroatoms. The second kappa shape index (κ2) is 9.33. The molecule has 5 atom stereocenters. The molecule has 0 bridgehead atoms. The van der Waals surface area contributed by atoms with Crippen LogP contribution in [0.1, 0.15) is 45.4 Å².